The van der Waals surface area contributed by atoms with E-state index in [-0.39, 0.29) is 11.3 Å². The van der Waals surface area contributed by atoms with Gasteiger partial charge in [-0.3, -0.25) is 4.79 Å². The van der Waals surface area contributed by atoms with Gasteiger partial charge in [0.2, 0.25) is 0 Å². The van der Waals surface area contributed by atoms with Gasteiger partial charge in [0.1, 0.15) is 23.2 Å². The van der Waals surface area contributed by atoms with Gasteiger partial charge in [0.15, 0.2) is 9.84 Å². The number of ether oxygens (including phenoxy) is 2. The van der Waals surface area contributed by atoms with Crippen LogP contribution in [0.3, 0.4) is 0 Å². The molecule has 0 aromatic heterocycles. The van der Waals surface area contributed by atoms with E-state index in [0.717, 1.165) is 5.56 Å². The van der Waals surface area contributed by atoms with Crippen LogP contribution in [0.15, 0.2) is 89.8 Å². The molecule has 32 heavy (non-hydrogen) atoms. The first kappa shape index (κ1) is 23.5. The van der Waals surface area contributed by atoms with Crippen LogP contribution in [0, 0.1) is 0 Å². The molecule has 1 atom stereocenters. The lowest BCUT2D eigenvalue weighted by Crippen LogP contribution is -2.26. The maximum atomic E-state index is 13.5. The van der Waals surface area contributed by atoms with E-state index in [1.807, 2.05) is 30.3 Å². The highest BCUT2D eigenvalue weighted by Gasteiger charge is 2.33. The standard InChI is InChI=1S/C26H28O5S/c1-26(2,3)31-25(27)18-24(32(28,29)23-15-8-5-9-16-23)21-13-10-14-22(17-21)30-19-20-11-6-4-7-12-20/h4-17,24H,18-19H2,1-3H3. The van der Waals surface area contributed by atoms with Crippen molar-refractivity contribution >= 4 is 15.8 Å². The molecule has 0 aliphatic carbocycles. The minimum atomic E-state index is -3.85. The average Bonchev–Trinajstić information content (AvgIpc) is 2.76. The minimum Gasteiger partial charge on any atom is -0.489 e. The number of hydrogen-bond acceptors (Lipinski definition) is 5. The Morgan fingerprint density at radius 2 is 1.50 bits per heavy atom. The summed E-state index contributed by atoms with van der Waals surface area (Å²) in [7, 11) is -3.85. The quantitative estimate of drug-likeness (QED) is 0.421. The van der Waals surface area contributed by atoms with Crippen molar-refractivity contribution < 1.29 is 22.7 Å². The van der Waals surface area contributed by atoms with E-state index in [2.05, 4.69) is 0 Å². The molecule has 0 bridgehead atoms. The molecular weight excluding hydrogens is 424 g/mol. The Labute approximate surface area is 189 Å². The van der Waals surface area contributed by atoms with Gasteiger partial charge in [-0.1, -0.05) is 60.7 Å². The van der Waals surface area contributed by atoms with Gasteiger partial charge in [0, 0.05) is 0 Å². The number of hydrogen-bond donors (Lipinski definition) is 0. The van der Waals surface area contributed by atoms with Crippen LogP contribution in [0.5, 0.6) is 5.75 Å². The summed E-state index contributed by atoms with van der Waals surface area (Å²) >= 11 is 0. The molecule has 0 N–H and O–H groups in total. The largest absolute Gasteiger partial charge is 0.489 e. The molecule has 0 radical (unpaired) electrons. The predicted molar refractivity (Wildman–Crippen MR) is 124 cm³/mol. The lowest BCUT2D eigenvalue weighted by molar-refractivity contribution is -0.154. The van der Waals surface area contributed by atoms with Crippen LogP contribution in [0.1, 0.15) is 43.6 Å². The van der Waals surface area contributed by atoms with E-state index in [4.69, 9.17) is 9.47 Å². The number of esters is 1. The van der Waals surface area contributed by atoms with Gasteiger partial charge < -0.3 is 9.47 Å². The van der Waals surface area contributed by atoms with Crippen LogP contribution in [0.4, 0.5) is 0 Å². The molecule has 0 saturated heterocycles. The van der Waals surface area contributed by atoms with E-state index >= 15 is 0 Å². The van der Waals surface area contributed by atoms with Gasteiger partial charge in [-0.25, -0.2) is 8.42 Å². The lowest BCUT2D eigenvalue weighted by Gasteiger charge is -2.23. The van der Waals surface area contributed by atoms with E-state index < -0.39 is 26.7 Å². The molecule has 168 valence electrons. The Kier molecular flexibility index (Phi) is 7.36. The average molecular weight is 453 g/mol. The van der Waals surface area contributed by atoms with Crippen molar-refractivity contribution in [1.82, 2.24) is 0 Å². The summed E-state index contributed by atoms with van der Waals surface area (Å²) in [5.74, 6) is -0.0404. The number of benzene rings is 3. The van der Waals surface area contributed by atoms with Crippen molar-refractivity contribution in [3.8, 4) is 5.75 Å². The normalized spacial score (nSPS) is 12.7. The Bertz CT molecular complexity index is 1130. The topological polar surface area (TPSA) is 69.7 Å². The molecular formula is C26H28O5S. The van der Waals surface area contributed by atoms with Crippen LogP contribution in [0.25, 0.3) is 0 Å². The van der Waals surface area contributed by atoms with Gasteiger partial charge in [0.05, 0.1) is 11.3 Å². The van der Waals surface area contributed by atoms with Crippen molar-refractivity contribution in [3.05, 3.63) is 96.1 Å². The molecule has 0 spiro atoms. The van der Waals surface area contributed by atoms with Crippen molar-refractivity contribution in [3.63, 3.8) is 0 Å². The summed E-state index contributed by atoms with van der Waals surface area (Å²) in [5.41, 5.74) is 0.768. The Morgan fingerprint density at radius 1 is 0.875 bits per heavy atom. The van der Waals surface area contributed by atoms with Gasteiger partial charge in [-0.05, 0) is 56.2 Å². The summed E-state index contributed by atoms with van der Waals surface area (Å²) in [6, 6.07) is 24.7. The summed E-state index contributed by atoms with van der Waals surface area (Å²) in [6.45, 7) is 5.61. The molecule has 3 rings (SSSR count). The van der Waals surface area contributed by atoms with E-state index in [9.17, 15) is 13.2 Å². The predicted octanol–water partition coefficient (Wildman–Crippen LogP) is 5.51. The maximum Gasteiger partial charge on any atom is 0.307 e. The molecule has 0 amide bonds. The Morgan fingerprint density at radius 3 is 2.12 bits per heavy atom. The van der Waals surface area contributed by atoms with Gasteiger partial charge in [0.25, 0.3) is 0 Å². The molecule has 0 fully saturated rings. The maximum absolute atomic E-state index is 13.5. The first-order chi connectivity index (χ1) is 15.1. The highest BCUT2D eigenvalue weighted by Crippen LogP contribution is 2.34. The van der Waals surface area contributed by atoms with Gasteiger partial charge in [-0.15, -0.1) is 0 Å². The molecule has 0 heterocycles. The first-order valence-corrected chi connectivity index (χ1v) is 12.0. The molecule has 1 unspecified atom stereocenters. The summed E-state index contributed by atoms with van der Waals surface area (Å²) in [6.07, 6.45) is -0.295. The third kappa shape index (κ3) is 6.44. The summed E-state index contributed by atoms with van der Waals surface area (Å²) in [5, 5.41) is -1.10. The minimum absolute atomic E-state index is 0.157. The second-order valence-corrected chi connectivity index (χ2v) is 10.6. The summed E-state index contributed by atoms with van der Waals surface area (Å²) in [4.78, 5) is 12.8. The smallest absolute Gasteiger partial charge is 0.307 e. The molecule has 0 aliphatic heterocycles. The number of rotatable bonds is 8. The van der Waals surface area contributed by atoms with Crippen molar-refractivity contribution in [1.29, 1.82) is 0 Å². The second-order valence-electron chi connectivity index (χ2n) is 8.48. The van der Waals surface area contributed by atoms with Crippen LogP contribution in [-0.4, -0.2) is 20.0 Å². The molecule has 5 nitrogen and oxygen atoms in total. The molecule has 3 aromatic carbocycles. The first-order valence-electron chi connectivity index (χ1n) is 10.4. The van der Waals surface area contributed by atoms with Gasteiger partial charge >= 0.3 is 5.97 Å². The monoisotopic (exact) mass is 452 g/mol. The molecule has 6 heteroatoms. The van der Waals surface area contributed by atoms with E-state index in [1.54, 1.807) is 63.2 Å². The molecule has 3 aromatic rings. The number of sulfone groups is 1. The second kappa shape index (κ2) is 10.0. The lowest BCUT2D eigenvalue weighted by atomic mass is 10.1. The molecule has 0 saturated carbocycles. The Balaban J connectivity index is 1.91. The SMILES string of the molecule is CC(C)(C)OC(=O)CC(c1cccc(OCc2ccccc2)c1)S(=O)(=O)c1ccccc1. The van der Waals surface area contributed by atoms with Crippen LogP contribution in [-0.2, 0) is 26.0 Å². The van der Waals surface area contributed by atoms with Crippen molar-refractivity contribution in [2.75, 3.05) is 0 Å². The van der Waals surface area contributed by atoms with Crippen LogP contribution < -0.4 is 4.74 Å². The van der Waals surface area contributed by atoms with Crippen molar-refractivity contribution in [2.45, 2.75) is 49.5 Å². The van der Waals surface area contributed by atoms with Crippen molar-refractivity contribution in [2.24, 2.45) is 0 Å². The number of carbonyl (C=O) groups excluding carboxylic acids is 1. The highest BCUT2D eigenvalue weighted by atomic mass is 32.2. The fraction of sp³-hybridized carbons (Fsp3) is 0.269. The molecule has 0 aliphatic rings. The zero-order chi connectivity index (χ0) is 23.2. The van der Waals surface area contributed by atoms with Crippen LogP contribution >= 0.6 is 0 Å². The third-order valence-electron chi connectivity index (χ3n) is 4.70. The van der Waals surface area contributed by atoms with E-state index in [0.29, 0.717) is 17.9 Å². The zero-order valence-corrected chi connectivity index (χ0v) is 19.3. The Hall–Kier alpha value is -3.12. The van der Waals surface area contributed by atoms with E-state index in [1.165, 1.54) is 12.1 Å². The zero-order valence-electron chi connectivity index (χ0n) is 18.5. The summed E-state index contributed by atoms with van der Waals surface area (Å²) < 4.78 is 38.2. The highest BCUT2D eigenvalue weighted by molar-refractivity contribution is 7.91. The van der Waals surface area contributed by atoms with Gasteiger partial charge in [-0.2, -0.15) is 0 Å². The van der Waals surface area contributed by atoms with Crippen LogP contribution in [0.2, 0.25) is 0 Å². The fourth-order valence-electron chi connectivity index (χ4n) is 3.26. The fourth-order valence-corrected chi connectivity index (χ4v) is 4.99. The third-order valence-corrected chi connectivity index (χ3v) is 6.81. The number of carbonyl (C=O) groups is 1.